The number of nitrogens with zero attached hydrogens (tertiary/aromatic N) is 1. The van der Waals surface area contributed by atoms with Crippen molar-refractivity contribution < 1.29 is 8.78 Å². The lowest BCUT2D eigenvalue weighted by Crippen LogP contribution is -2.53. The van der Waals surface area contributed by atoms with Gasteiger partial charge in [0.25, 0.3) is 6.43 Å². The van der Waals surface area contributed by atoms with Crippen LogP contribution in [-0.4, -0.2) is 43.0 Å². The smallest absolute Gasteiger partial charge is 0.250 e. The minimum Gasteiger partial charge on any atom is -0.307 e. The molecule has 0 radical (unpaired) electrons. The average molecular weight is 232 g/mol. The van der Waals surface area contributed by atoms with E-state index in [4.69, 9.17) is 0 Å². The molecule has 1 aliphatic heterocycles. The lowest BCUT2D eigenvalue weighted by atomic mass is 9.80. The second-order valence-electron chi connectivity index (χ2n) is 5.36. The molecular weight excluding hydrogens is 210 g/mol. The van der Waals surface area contributed by atoms with Gasteiger partial charge in [0.2, 0.25) is 0 Å². The van der Waals surface area contributed by atoms with Crippen molar-refractivity contribution in [1.29, 1.82) is 0 Å². The molecule has 2 rings (SSSR count). The zero-order valence-electron chi connectivity index (χ0n) is 9.96. The van der Waals surface area contributed by atoms with Crippen molar-refractivity contribution in [1.82, 2.24) is 10.2 Å². The van der Waals surface area contributed by atoms with Gasteiger partial charge in [0, 0.05) is 18.6 Å². The molecule has 1 aliphatic carbocycles. The van der Waals surface area contributed by atoms with Crippen molar-refractivity contribution >= 4 is 0 Å². The van der Waals surface area contributed by atoms with Crippen molar-refractivity contribution in [2.75, 3.05) is 19.6 Å². The summed E-state index contributed by atoms with van der Waals surface area (Å²) >= 11 is 0. The zero-order chi connectivity index (χ0) is 11.5. The molecular formula is C12H22F2N2. The van der Waals surface area contributed by atoms with Gasteiger partial charge in [-0.3, -0.25) is 4.90 Å². The van der Waals surface area contributed by atoms with Crippen LogP contribution in [0.25, 0.3) is 0 Å². The van der Waals surface area contributed by atoms with Gasteiger partial charge >= 0.3 is 0 Å². The summed E-state index contributed by atoms with van der Waals surface area (Å²) in [5.74, 6) is 0.861. The Bertz CT molecular complexity index is 217. The van der Waals surface area contributed by atoms with Crippen LogP contribution in [0.1, 0.15) is 32.6 Å². The first kappa shape index (κ1) is 12.2. The summed E-state index contributed by atoms with van der Waals surface area (Å²) in [6.45, 7) is 4.25. The van der Waals surface area contributed by atoms with E-state index in [2.05, 4.69) is 17.1 Å². The predicted molar refractivity (Wildman–Crippen MR) is 60.8 cm³/mol. The Hall–Kier alpha value is -0.220. The topological polar surface area (TPSA) is 15.3 Å². The molecule has 1 unspecified atom stereocenters. The molecule has 1 N–H and O–H groups in total. The Morgan fingerprint density at radius 1 is 1.38 bits per heavy atom. The number of nitrogens with one attached hydrogen (secondary N) is 1. The van der Waals surface area contributed by atoms with E-state index in [1.54, 1.807) is 0 Å². The number of alkyl halides is 2. The Balaban J connectivity index is 1.71. The third-order valence-corrected chi connectivity index (χ3v) is 3.88. The molecule has 0 spiro atoms. The lowest BCUT2D eigenvalue weighted by molar-refractivity contribution is 0.0519. The van der Waals surface area contributed by atoms with Gasteiger partial charge in [-0.25, -0.2) is 8.78 Å². The molecule has 2 nitrogen and oxygen atoms in total. The van der Waals surface area contributed by atoms with Crippen LogP contribution in [0.3, 0.4) is 0 Å². The van der Waals surface area contributed by atoms with Crippen LogP contribution >= 0.6 is 0 Å². The molecule has 1 heterocycles. The number of likely N-dealkylation sites (tertiary alicyclic amines) is 1. The van der Waals surface area contributed by atoms with Crippen molar-refractivity contribution in [2.45, 2.75) is 51.1 Å². The number of hydrogen-bond donors (Lipinski definition) is 1. The van der Waals surface area contributed by atoms with E-state index in [-0.39, 0.29) is 12.6 Å². The van der Waals surface area contributed by atoms with E-state index >= 15 is 0 Å². The fraction of sp³-hybridized carbons (Fsp3) is 1.00. The van der Waals surface area contributed by atoms with Crippen LogP contribution in [0.15, 0.2) is 0 Å². The van der Waals surface area contributed by atoms with Gasteiger partial charge in [0.1, 0.15) is 0 Å². The summed E-state index contributed by atoms with van der Waals surface area (Å²) in [5.41, 5.74) is 0. The molecule has 0 aromatic heterocycles. The second-order valence-corrected chi connectivity index (χ2v) is 5.36. The quantitative estimate of drug-likeness (QED) is 0.798. The Morgan fingerprint density at radius 3 is 2.75 bits per heavy atom. The molecule has 2 aliphatic rings. The van der Waals surface area contributed by atoms with Gasteiger partial charge in [-0.2, -0.15) is 0 Å². The Kier molecular flexibility index (Phi) is 4.14. The SMILES string of the molecule is CC1CC(N2CCCC(NCC(F)F)C2)C1. The van der Waals surface area contributed by atoms with Crippen LogP contribution in [0, 0.1) is 5.92 Å². The first-order valence-electron chi connectivity index (χ1n) is 6.40. The van der Waals surface area contributed by atoms with Crippen molar-refractivity contribution in [3.63, 3.8) is 0 Å². The minimum absolute atomic E-state index is 0.153. The van der Waals surface area contributed by atoms with Crippen LogP contribution in [0.5, 0.6) is 0 Å². The van der Waals surface area contributed by atoms with Crippen LogP contribution in [0.4, 0.5) is 8.78 Å². The fourth-order valence-corrected chi connectivity index (χ4v) is 2.92. The standard InChI is InChI=1S/C12H22F2N2/c1-9-5-11(6-9)16-4-2-3-10(8-16)15-7-12(13)14/h9-12,15H,2-8H2,1H3. The van der Waals surface area contributed by atoms with Gasteiger partial charge in [-0.1, -0.05) is 6.92 Å². The van der Waals surface area contributed by atoms with E-state index < -0.39 is 6.43 Å². The summed E-state index contributed by atoms with van der Waals surface area (Å²) < 4.78 is 24.2. The van der Waals surface area contributed by atoms with Crippen molar-refractivity contribution in [2.24, 2.45) is 5.92 Å². The maximum Gasteiger partial charge on any atom is 0.250 e. The highest BCUT2D eigenvalue weighted by molar-refractivity contribution is 4.89. The maximum absolute atomic E-state index is 12.1. The van der Waals surface area contributed by atoms with Crippen molar-refractivity contribution in [3.8, 4) is 0 Å². The van der Waals surface area contributed by atoms with Crippen LogP contribution in [0.2, 0.25) is 0 Å². The van der Waals surface area contributed by atoms with E-state index in [0.717, 1.165) is 37.9 Å². The van der Waals surface area contributed by atoms with Gasteiger partial charge in [0.05, 0.1) is 6.54 Å². The second kappa shape index (κ2) is 5.41. The molecule has 2 fully saturated rings. The van der Waals surface area contributed by atoms with Gasteiger partial charge in [-0.05, 0) is 38.1 Å². The van der Waals surface area contributed by atoms with E-state index in [9.17, 15) is 8.78 Å². The number of hydrogen-bond acceptors (Lipinski definition) is 2. The highest BCUT2D eigenvalue weighted by atomic mass is 19.3. The van der Waals surface area contributed by atoms with Crippen molar-refractivity contribution in [3.05, 3.63) is 0 Å². The van der Waals surface area contributed by atoms with E-state index in [1.165, 1.54) is 12.8 Å². The molecule has 1 atom stereocenters. The summed E-state index contributed by atoms with van der Waals surface area (Å²) in [7, 11) is 0. The van der Waals surface area contributed by atoms with Gasteiger partial charge in [0.15, 0.2) is 0 Å². The predicted octanol–water partition coefficient (Wildman–Crippen LogP) is 2.10. The number of halogens is 2. The normalized spacial score (nSPS) is 36.4. The number of piperidine rings is 1. The molecule has 4 heteroatoms. The average Bonchev–Trinajstić information content (AvgIpc) is 2.22. The molecule has 1 saturated carbocycles. The first-order valence-corrected chi connectivity index (χ1v) is 6.40. The Morgan fingerprint density at radius 2 is 2.12 bits per heavy atom. The fourth-order valence-electron chi connectivity index (χ4n) is 2.92. The zero-order valence-corrected chi connectivity index (χ0v) is 9.96. The highest BCUT2D eigenvalue weighted by Gasteiger charge is 2.33. The van der Waals surface area contributed by atoms with E-state index in [1.807, 2.05) is 0 Å². The molecule has 16 heavy (non-hydrogen) atoms. The summed E-state index contributed by atoms with van der Waals surface area (Å²) in [5, 5.41) is 2.97. The highest BCUT2D eigenvalue weighted by Crippen LogP contribution is 2.32. The number of rotatable bonds is 4. The maximum atomic E-state index is 12.1. The van der Waals surface area contributed by atoms with Crippen LogP contribution < -0.4 is 5.32 Å². The summed E-state index contributed by atoms with van der Waals surface area (Å²) in [4.78, 5) is 2.49. The lowest BCUT2D eigenvalue weighted by Gasteiger charge is -2.45. The molecule has 0 bridgehead atoms. The monoisotopic (exact) mass is 232 g/mol. The minimum atomic E-state index is -2.22. The first-order chi connectivity index (χ1) is 7.65. The molecule has 0 aromatic carbocycles. The molecule has 0 aromatic rings. The third kappa shape index (κ3) is 3.14. The van der Waals surface area contributed by atoms with Crippen LogP contribution in [-0.2, 0) is 0 Å². The Labute approximate surface area is 96.4 Å². The molecule has 94 valence electrons. The summed E-state index contributed by atoms with van der Waals surface area (Å²) in [6.07, 6.45) is 2.56. The third-order valence-electron chi connectivity index (χ3n) is 3.88. The van der Waals surface area contributed by atoms with Gasteiger partial charge in [-0.15, -0.1) is 0 Å². The largest absolute Gasteiger partial charge is 0.307 e. The van der Waals surface area contributed by atoms with E-state index in [0.29, 0.717) is 0 Å². The molecule has 1 saturated heterocycles. The summed E-state index contributed by atoms with van der Waals surface area (Å²) in [6, 6.07) is 1.00. The molecule has 0 amide bonds. The van der Waals surface area contributed by atoms with Gasteiger partial charge < -0.3 is 5.32 Å².